The van der Waals surface area contributed by atoms with Gasteiger partial charge < -0.3 is 15.2 Å². The Morgan fingerprint density at radius 3 is 2.37 bits per heavy atom. The van der Waals surface area contributed by atoms with Crippen LogP contribution in [-0.4, -0.2) is 19.2 Å². The Labute approximate surface area is 166 Å². The summed E-state index contributed by atoms with van der Waals surface area (Å²) in [5.41, 5.74) is 10.4. The molecule has 6 heteroatoms. The van der Waals surface area contributed by atoms with E-state index in [1.807, 2.05) is 49.4 Å². The number of nitrogen functional groups attached to an aromatic ring is 1. The Hall–Kier alpha value is -3.04. The summed E-state index contributed by atoms with van der Waals surface area (Å²) in [6.45, 7) is 1.93. The number of nitrogens with zero attached hydrogens (tertiary/aromatic N) is 2. The number of rotatable bonds is 4. The molecule has 0 radical (unpaired) electrons. The lowest BCUT2D eigenvalue weighted by molar-refractivity contribution is 0.404. The molecule has 1 aromatic heterocycles. The number of anilines is 1. The number of nitriles is 1. The molecular formula is C21H18BrN3O2. The van der Waals surface area contributed by atoms with E-state index in [0.717, 1.165) is 26.9 Å². The van der Waals surface area contributed by atoms with Gasteiger partial charge in [-0.05, 0) is 42.8 Å². The summed E-state index contributed by atoms with van der Waals surface area (Å²) in [5, 5.41) is 9.72. The topological polar surface area (TPSA) is 81.2 Å². The number of aromatic nitrogens is 1. The standard InChI is InChI=1S/C21H18BrN3O2/c1-12-19(16-10-15(26-2)8-9-18(16)27-3)17(11-23)21(24)25-20(12)13-4-6-14(22)7-5-13/h4-10H,1-3H3,(H2,24,25). The van der Waals surface area contributed by atoms with E-state index in [0.29, 0.717) is 22.6 Å². The van der Waals surface area contributed by atoms with E-state index >= 15 is 0 Å². The van der Waals surface area contributed by atoms with Crippen molar-refractivity contribution in [2.75, 3.05) is 20.0 Å². The van der Waals surface area contributed by atoms with Gasteiger partial charge in [0.25, 0.3) is 0 Å². The van der Waals surface area contributed by atoms with Crippen LogP contribution in [0.4, 0.5) is 5.82 Å². The van der Waals surface area contributed by atoms with Crippen molar-refractivity contribution < 1.29 is 9.47 Å². The summed E-state index contributed by atoms with van der Waals surface area (Å²) in [4.78, 5) is 4.50. The molecule has 0 fully saturated rings. The summed E-state index contributed by atoms with van der Waals surface area (Å²) in [7, 11) is 3.19. The van der Waals surface area contributed by atoms with Crippen LogP contribution < -0.4 is 15.2 Å². The monoisotopic (exact) mass is 423 g/mol. The molecule has 0 saturated heterocycles. The molecule has 0 amide bonds. The van der Waals surface area contributed by atoms with Gasteiger partial charge in [0, 0.05) is 21.2 Å². The first-order chi connectivity index (χ1) is 13.0. The van der Waals surface area contributed by atoms with E-state index in [4.69, 9.17) is 15.2 Å². The van der Waals surface area contributed by atoms with Crippen LogP contribution in [0, 0.1) is 18.3 Å². The van der Waals surface area contributed by atoms with Gasteiger partial charge >= 0.3 is 0 Å². The van der Waals surface area contributed by atoms with Crippen LogP contribution in [0.2, 0.25) is 0 Å². The highest BCUT2D eigenvalue weighted by Crippen LogP contribution is 2.41. The summed E-state index contributed by atoms with van der Waals surface area (Å²) in [6, 6.07) is 15.4. The molecule has 0 aliphatic rings. The molecule has 0 saturated carbocycles. The molecule has 0 spiro atoms. The molecule has 2 aromatic carbocycles. The van der Waals surface area contributed by atoms with E-state index in [1.54, 1.807) is 14.2 Å². The number of methoxy groups -OCH3 is 2. The number of nitrogens with two attached hydrogens (primary N) is 1. The second-order valence-corrected chi connectivity index (χ2v) is 6.82. The average Bonchev–Trinajstić information content (AvgIpc) is 2.69. The van der Waals surface area contributed by atoms with E-state index in [9.17, 15) is 5.26 Å². The number of hydrogen-bond acceptors (Lipinski definition) is 5. The van der Waals surface area contributed by atoms with Crippen molar-refractivity contribution in [3.63, 3.8) is 0 Å². The van der Waals surface area contributed by atoms with Crippen molar-refractivity contribution in [3.05, 3.63) is 58.1 Å². The van der Waals surface area contributed by atoms with Crippen LogP contribution in [-0.2, 0) is 0 Å². The maximum Gasteiger partial charge on any atom is 0.142 e. The van der Waals surface area contributed by atoms with Gasteiger partial charge in [0.2, 0.25) is 0 Å². The molecule has 3 rings (SSSR count). The minimum Gasteiger partial charge on any atom is -0.497 e. The number of halogens is 1. The number of hydrogen-bond donors (Lipinski definition) is 1. The maximum absolute atomic E-state index is 9.72. The molecule has 5 nitrogen and oxygen atoms in total. The van der Waals surface area contributed by atoms with Gasteiger partial charge in [0.15, 0.2) is 0 Å². The van der Waals surface area contributed by atoms with E-state index in [2.05, 4.69) is 27.0 Å². The first kappa shape index (κ1) is 18.7. The number of pyridine rings is 1. The zero-order valence-corrected chi connectivity index (χ0v) is 16.8. The second kappa shape index (κ2) is 7.68. The Kier molecular flexibility index (Phi) is 5.33. The number of benzene rings is 2. The Morgan fingerprint density at radius 1 is 1.07 bits per heavy atom. The van der Waals surface area contributed by atoms with Crippen LogP contribution in [0.15, 0.2) is 46.9 Å². The van der Waals surface area contributed by atoms with Crippen LogP contribution in [0.5, 0.6) is 11.5 Å². The van der Waals surface area contributed by atoms with E-state index in [1.165, 1.54) is 0 Å². The zero-order valence-electron chi connectivity index (χ0n) is 15.2. The summed E-state index contributed by atoms with van der Waals surface area (Å²) < 4.78 is 11.9. The fourth-order valence-electron chi connectivity index (χ4n) is 3.04. The van der Waals surface area contributed by atoms with E-state index in [-0.39, 0.29) is 5.82 Å². The molecule has 0 aliphatic carbocycles. The highest BCUT2D eigenvalue weighted by atomic mass is 79.9. The number of ether oxygens (including phenoxy) is 2. The quantitative estimate of drug-likeness (QED) is 0.641. The van der Waals surface area contributed by atoms with Crippen LogP contribution >= 0.6 is 15.9 Å². The van der Waals surface area contributed by atoms with Gasteiger partial charge in [-0.2, -0.15) is 5.26 Å². The van der Waals surface area contributed by atoms with Gasteiger partial charge in [-0.1, -0.05) is 28.1 Å². The third-order valence-corrected chi connectivity index (χ3v) is 4.90. The molecule has 0 aliphatic heterocycles. The van der Waals surface area contributed by atoms with Crippen molar-refractivity contribution >= 4 is 21.7 Å². The smallest absolute Gasteiger partial charge is 0.142 e. The molecule has 0 bridgehead atoms. The molecule has 1 heterocycles. The second-order valence-electron chi connectivity index (χ2n) is 5.91. The fraction of sp³-hybridized carbons (Fsp3) is 0.143. The summed E-state index contributed by atoms with van der Waals surface area (Å²) in [5.74, 6) is 1.47. The van der Waals surface area contributed by atoms with Crippen LogP contribution in [0.3, 0.4) is 0 Å². The van der Waals surface area contributed by atoms with Crippen LogP contribution in [0.1, 0.15) is 11.1 Å². The van der Waals surface area contributed by atoms with Gasteiger partial charge in [-0.25, -0.2) is 4.98 Å². The normalized spacial score (nSPS) is 10.3. The SMILES string of the molecule is COc1ccc(OC)c(-c2c(C)c(-c3ccc(Br)cc3)nc(N)c2C#N)c1. The first-order valence-corrected chi connectivity index (χ1v) is 8.98. The lowest BCUT2D eigenvalue weighted by atomic mass is 9.92. The highest BCUT2D eigenvalue weighted by molar-refractivity contribution is 9.10. The first-order valence-electron chi connectivity index (χ1n) is 8.18. The third-order valence-electron chi connectivity index (χ3n) is 4.37. The largest absolute Gasteiger partial charge is 0.497 e. The van der Waals surface area contributed by atoms with E-state index < -0.39 is 0 Å². The molecule has 0 unspecified atom stereocenters. The predicted molar refractivity (Wildman–Crippen MR) is 110 cm³/mol. The molecule has 2 N–H and O–H groups in total. The fourth-order valence-corrected chi connectivity index (χ4v) is 3.31. The molecule has 3 aromatic rings. The van der Waals surface area contributed by atoms with Crippen molar-refractivity contribution in [2.24, 2.45) is 0 Å². The Balaban J connectivity index is 2.36. The molecule has 27 heavy (non-hydrogen) atoms. The van der Waals surface area contributed by atoms with Crippen molar-refractivity contribution in [2.45, 2.75) is 6.92 Å². The van der Waals surface area contributed by atoms with Gasteiger partial charge in [0.1, 0.15) is 28.9 Å². The van der Waals surface area contributed by atoms with Crippen molar-refractivity contribution in [1.29, 1.82) is 5.26 Å². The highest BCUT2D eigenvalue weighted by Gasteiger charge is 2.21. The van der Waals surface area contributed by atoms with Gasteiger partial charge in [-0.3, -0.25) is 0 Å². The lowest BCUT2D eigenvalue weighted by Crippen LogP contribution is -2.04. The van der Waals surface area contributed by atoms with Crippen molar-refractivity contribution in [3.8, 4) is 40.0 Å². The molecular weight excluding hydrogens is 406 g/mol. The summed E-state index contributed by atoms with van der Waals surface area (Å²) >= 11 is 3.44. The predicted octanol–water partition coefficient (Wildman–Crippen LogP) is 4.96. The zero-order chi connectivity index (χ0) is 19.6. The van der Waals surface area contributed by atoms with Gasteiger partial charge in [0.05, 0.1) is 19.9 Å². The Bertz CT molecular complexity index is 1040. The maximum atomic E-state index is 9.72. The van der Waals surface area contributed by atoms with Crippen LogP contribution in [0.25, 0.3) is 22.4 Å². The lowest BCUT2D eigenvalue weighted by Gasteiger charge is -2.18. The molecule has 0 atom stereocenters. The minimum absolute atomic E-state index is 0.181. The summed E-state index contributed by atoms with van der Waals surface area (Å²) in [6.07, 6.45) is 0. The molecule has 136 valence electrons. The third kappa shape index (κ3) is 3.46. The average molecular weight is 424 g/mol. The Morgan fingerprint density at radius 2 is 1.78 bits per heavy atom. The van der Waals surface area contributed by atoms with Crippen molar-refractivity contribution in [1.82, 2.24) is 4.98 Å². The minimum atomic E-state index is 0.181. The van der Waals surface area contributed by atoms with Gasteiger partial charge in [-0.15, -0.1) is 0 Å².